The van der Waals surface area contributed by atoms with Gasteiger partial charge >= 0.3 is 5.97 Å². The van der Waals surface area contributed by atoms with Gasteiger partial charge < -0.3 is 19.5 Å². The van der Waals surface area contributed by atoms with Gasteiger partial charge in [-0.2, -0.15) is 0 Å². The summed E-state index contributed by atoms with van der Waals surface area (Å²) in [5.74, 6) is -0.0365. The van der Waals surface area contributed by atoms with Gasteiger partial charge in [-0.05, 0) is 59.4 Å². The van der Waals surface area contributed by atoms with Crippen LogP contribution in [0.3, 0.4) is 0 Å². The molecule has 4 aromatic rings. The number of nitrogens with zero attached hydrogens (tertiary/aromatic N) is 1. The standard InChI is InChI=1S/C32H31NO5/c1-37-26-18-19-30(38-2)29(21-26)31(34)33(20-8-11-23-9-4-3-5-10-23)22-24-14-16-25(17-15-24)27-12-6-7-13-28(27)32(35)36/h3-7,9-10,12-19,21H,8,11,20,22H2,1-2H3,(H,35,36). The molecule has 0 bridgehead atoms. The second-order valence-electron chi connectivity index (χ2n) is 8.93. The molecule has 0 spiro atoms. The summed E-state index contributed by atoms with van der Waals surface area (Å²) in [5, 5.41) is 9.55. The average molecular weight is 510 g/mol. The van der Waals surface area contributed by atoms with Gasteiger partial charge in [0.15, 0.2) is 0 Å². The fourth-order valence-electron chi connectivity index (χ4n) is 4.45. The highest BCUT2D eigenvalue weighted by Crippen LogP contribution is 2.27. The molecule has 1 amide bonds. The molecule has 0 saturated carbocycles. The Bertz CT molecular complexity index is 1380. The van der Waals surface area contributed by atoms with Crippen molar-refractivity contribution in [1.29, 1.82) is 0 Å². The molecule has 0 heterocycles. The predicted octanol–water partition coefficient (Wildman–Crippen LogP) is 6.34. The smallest absolute Gasteiger partial charge is 0.336 e. The minimum atomic E-state index is -0.966. The van der Waals surface area contributed by atoms with E-state index in [0.29, 0.717) is 35.7 Å². The van der Waals surface area contributed by atoms with Gasteiger partial charge in [0, 0.05) is 13.1 Å². The van der Waals surface area contributed by atoms with Crippen LogP contribution in [0.1, 0.15) is 38.3 Å². The number of carbonyl (C=O) groups excluding carboxylic acids is 1. The van der Waals surface area contributed by atoms with Crippen molar-refractivity contribution < 1.29 is 24.2 Å². The summed E-state index contributed by atoms with van der Waals surface area (Å²) in [6.07, 6.45) is 1.65. The third-order valence-electron chi connectivity index (χ3n) is 6.46. The Hall–Kier alpha value is -4.58. The van der Waals surface area contributed by atoms with Crippen LogP contribution in [0.4, 0.5) is 0 Å². The van der Waals surface area contributed by atoms with Crippen molar-refractivity contribution in [2.75, 3.05) is 20.8 Å². The molecule has 0 radical (unpaired) electrons. The highest BCUT2D eigenvalue weighted by atomic mass is 16.5. The lowest BCUT2D eigenvalue weighted by Gasteiger charge is -2.24. The van der Waals surface area contributed by atoms with Crippen molar-refractivity contribution in [2.24, 2.45) is 0 Å². The van der Waals surface area contributed by atoms with Crippen molar-refractivity contribution in [3.63, 3.8) is 0 Å². The Morgan fingerprint density at radius 2 is 1.47 bits per heavy atom. The lowest BCUT2D eigenvalue weighted by molar-refractivity contribution is 0.0695. The first-order valence-electron chi connectivity index (χ1n) is 12.5. The lowest BCUT2D eigenvalue weighted by atomic mass is 9.98. The Labute approximate surface area is 223 Å². The van der Waals surface area contributed by atoms with Gasteiger partial charge in [0.1, 0.15) is 11.5 Å². The van der Waals surface area contributed by atoms with Gasteiger partial charge in [0.05, 0.1) is 25.3 Å². The molecular formula is C32H31NO5. The van der Waals surface area contributed by atoms with Crippen LogP contribution in [-0.4, -0.2) is 42.6 Å². The van der Waals surface area contributed by atoms with Crippen molar-refractivity contribution in [3.05, 3.63) is 119 Å². The van der Waals surface area contributed by atoms with E-state index < -0.39 is 5.97 Å². The molecule has 0 aliphatic rings. The number of rotatable bonds is 11. The van der Waals surface area contributed by atoms with E-state index in [1.165, 1.54) is 5.56 Å². The van der Waals surface area contributed by atoms with E-state index in [4.69, 9.17) is 9.47 Å². The van der Waals surface area contributed by atoms with Crippen LogP contribution >= 0.6 is 0 Å². The molecule has 4 rings (SSSR count). The minimum absolute atomic E-state index is 0.144. The second kappa shape index (κ2) is 12.6. The molecule has 194 valence electrons. The maximum Gasteiger partial charge on any atom is 0.336 e. The van der Waals surface area contributed by atoms with Crippen LogP contribution in [0.15, 0.2) is 97.1 Å². The van der Waals surface area contributed by atoms with Gasteiger partial charge in [-0.25, -0.2) is 4.79 Å². The van der Waals surface area contributed by atoms with E-state index in [9.17, 15) is 14.7 Å². The largest absolute Gasteiger partial charge is 0.497 e. The maximum atomic E-state index is 13.8. The van der Waals surface area contributed by atoms with E-state index >= 15 is 0 Å². The first-order valence-corrected chi connectivity index (χ1v) is 12.5. The van der Waals surface area contributed by atoms with E-state index in [-0.39, 0.29) is 11.5 Å². The number of aromatic carboxylic acids is 1. The van der Waals surface area contributed by atoms with Crippen LogP contribution in [-0.2, 0) is 13.0 Å². The number of ether oxygens (including phenoxy) is 2. The SMILES string of the molecule is COc1ccc(OC)c(C(=O)N(CCCc2ccccc2)Cc2ccc(-c3ccccc3C(=O)O)cc2)c1. The van der Waals surface area contributed by atoms with Crippen molar-refractivity contribution in [1.82, 2.24) is 4.90 Å². The summed E-state index contributed by atoms with van der Waals surface area (Å²) >= 11 is 0. The molecule has 6 heteroatoms. The van der Waals surface area contributed by atoms with Crippen LogP contribution in [0.5, 0.6) is 11.5 Å². The summed E-state index contributed by atoms with van der Waals surface area (Å²) in [5.41, 5.74) is 4.32. The zero-order valence-corrected chi connectivity index (χ0v) is 21.6. The van der Waals surface area contributed by atoms with Crippen LogP contribution in [0.25, 0.3) is 11.1 Å². The van der Waals surface area contributed by atoms with Crippen LogP contribution in [0, 0.1) is 0 Å². The molecule has 6 nitrogen and oxygen atoms in total. The minimum Gasteiger partial charge on any atom is -0.497 e. The van der Waals surface area contributed by atoms with E-state index in [0.717, 1.165) is 24.0 Å². The normalized spacial score (nSPS) is 10.6. The number of hydrogen-bond acceptors (Lipinski definition) is 4. The molecule has 1 N–H and O–H groups in total. The monoisotopic (exact) mass is 509 g/mol. The Morgan fingerprint density at radius 1 is 0.763 bits per heavy atom. The average Bonchev–Trinajstić information content (AvgIpc) is 2.96. The number of methoxy groups -OCH3 is 2. The van der Waals surface area contributed by atoms with E-state index in [2.05, 4.69) is 12.1 Å². The lowest BCUT2D eigenvalue weighted by Crippen LogP contribution is -2.32. The number of carboxylic acid groups (broad SMARTS) is 1. The third kappa shape index (κ3) is 6.40. The maximum absolute atomic E-state index is 13.8. The fourth-order valence-corrected chi connectivity index (χ4v) is 4.45. The summed E-state index contributed by atoms with van der Waals surface area (Å²) in [4.78, 5) is 27.2. The quantitative estimate of drug-likeness (QED) is 0.255. The van der Waals surface area contributed by atoms with Gasteiger partial charge in [0.25, 0.3) is 5.91 Å². The zero-order valence-electron chi connectivity index (χ0n) is 21.6. The highest BCUT2D eigenvalue weighted by Gasteiger charge is 2.21. The van der Waals surface area contributed by atoms with Crippen molar-refractivity contribution in [3.8, 4) is 22.6 Å². The Balaban J connectivity index is 1.58. The van der Waals surface area contributed by atoms with Crippen LogP contribution < -0.4 is 9.47 Å². The molecule has 0 aliphatic heterocycles. The number of carboxylic acids is 1. The summed E-state index contributed by atoms with van der Waals surface area (Å²) in [6.45, 7) is 0.951. The van der Waals surface area contributed by atoms with E-state index in [1.807, 2.05) is 53.4 Å². The van der Waals surface area contributed by atoms with Crippen molar-refractivity contribution in [2.45, 2.75) is 19.4 Å². The summed E-state index contributed by atoms with van der Waals surface area (Å²) in [6, 6.07) is 30.0. The molecule has 0 atom stereocenters. The molecule has 0 aromatic heterocycles. The first-order chi connectivity index (χ1) is 18.5. The molecule has 38 heavy (non-hydrogen) atoms. The number of hydrogen-bond donors (Lipinski definition) is 1. The summed E-state index contributed by atoms with van der Waals surface area (Å²) < 4.78 is 10.8. The zero-order chi connectivity index (χ0) is 26.9. The fraction of sp³-hybridized carbons (Fsp3) is 0.188. The molecule has 0 saturated heterocycles. The van der Waals surface area contributed by atoms with Gasteiger partial charge in [-0.1, -0.05) is 72.8 Å². The Kier molecular flexibility index (Phi) is 8.77. The number of benzene rings is 4. The summed E-state index contributed by atoms with van der Waals surface area (Å²) in [7, 11) is 3.11. The number of amides is 1. The number of carbonyl (C=O) groups is 2. The first kappa shape index (κ1) is 26.5. The molecule has 0 unspecified atom stereocenters. The number of aryl methyl sites for hydroxylation is 1. The van der Waals surface area contributed by atoms with Gasteiger partial charge in [-0.3, -0.25) is 4.79 Å². The van der Waals surface area contributed by atoms with Crippen molar-refractivity contribution >= 4 is 11.9 Å². The molecule has 0 fully saturated rings. The van der Waals surface area contributed by atoms with Crippen LogP contribution in [0.2, 0.25) is 0 Å². The second-order valence-corrected chi connectivity index (χ2v) is 8.93. The van der Waals surface area contributed by atoms with Gasteiger partial charge in [0.2, 0.25) is 0 Å². The predicted molar refractivity (Wildman–Crippen MR) is 148 cm³/mol. The topological polar surface area (TPSA) is 76.1 Å². The Morgan fingerprint density at radius 3 is 2.16 bits per heavy atom. The van der Waals surface area contributed by atoms with E-state index in [1.54, 1.807) is 50.6 Å². The molecular weight excluding hydrogens is 478 g/mol. The molecule has 4 aromatic carbocycles. The highest BCUT2D eigenvalue weighted by molar-refractivity contribution is 5.97. The third-order valence-corrected chi connectivity index (χ3v) is 6.46. The van der Waals surface area contributed by atoms with Gasteiger partial charge in [-0.15, -0.1) is 0 Å². The molecule has 0 aliphatic carbocycles.